The summed E-state index contributed by atoms with van der Waals surface area (Å²) in [7, 11) is 0. The number of fused-ring (bicyclic) bond motifs is 1. The number of rotatable bonds is 1. The summed E-state index contributed by atoms with van der Waals surface area (Å²) in [4.78, 5) is 1.78. The van der Waals surface area contributed by atoms with Gasteiger partial charge in [-0.3, -0.25) is 5.43 Å². The van der Waals surface area contributed by atoms with E-state index in [2.05, 4.69) is 34.9 Å². The van der Waals surface area contributed by atoms with E-state index in [1.807, 2.05) is 24.3 Å². The van der Waals surface area contributed by atoms with Crippen LogP contribution < -0.4 is 10.7 Å². The van der Waals surface area contributed by atoms with Gasteiger partial charge in [-0.15, -0.1) is 0 Å². The highest BCUT2D eigenvalue weighted by Crippen LogP contribution is 2.23. The zero-order valence-electron chi connectivity index (χ0n) is 8.44. The molecule has 0 spiro atoms. The van der Waals surface area contributed by atoms with Crippen molar-refractivity contribution in [2.75, 3.05) is 10.7 Å². The Balaban J connectivity index is 2.00. The Morgan fingerprint density at radius 3 is 2.80 bits per heavy atom. The second-order valence-corrected chi connectivity index (χ2v) is 3.69. The number of anilines is 1. The van der Waals surface area contributed by atoms with Gasteiger partial charge >= 0.3 is 0 Å². The number of aromatic nitrogens is 2. The molecule has 0 radical (unpaired) electrons. The van der Waals surface area contributed by atoms with E-state index in [0.717, 1.165) is 17.1 Å². The lowest BCUT2D eigenvalue weighted by atomic mass is 10.2. The highest BCUT2D eigenvalue weighted by atomic mass is 15.7. The molecule has 0 amide bonds. The predicted octanol–water partition coefficient (Wildman–Crippen LogP) is 1.87. The minimum Gasteiger partial charge on any atom is -0.348 e. The average Bonchev–Trinajstić information content (AvgIpc) is 2.76. The Hall–Kier alpha value is -1.97. The van der Waals surface area contributed by atoms with Crippen LogP contribution in [0.3, 0.4) is 0 Å². The predicted molar refractivity (Wildman–Crippen MR) is 60.1 cm³/mol. The Morgan fingerprint density at radius 1 is 1.27 bits per heavy atom. The fourth-order valence-electron chi connectivity index (χ4n) is 1.77. The van der Waals surface area contributed by atoms with Gasteiger partial charge in [-0.25, -0.2) is 0 Å². The minimum absolute atomic E-state index is 0.248. The molecule has 1 aliphatic rings. The van der Waals surface area contributed by atoms with Crippen LogP contribution in [-0.4, -0.2) is 16.1 Å². The van der Waals surface area contributed by atoms with E-state index in [4.69, 9.17) is 0 Å². The van der Waals surface area contributed by atoms with Crippen molar-refractivity contribution in [3.05, 3.63) is 36.4 Å². The molecule has 1 aromatic carbocycles. The van der Waals surface area contributed by atoms with Crippen LogP contribution in [0.1, 0.15) is 6.92 Å². The van der Waals surface area contributed by atoms with Crippen molar-refractivity contribution in [3.8, 4) is 11.3 Å². The van der Waals surface area contributed by atoms with Gasteiger partial charge in [0.15, 0.2) is 0 Å². The zero-order chi connectivity index (χ0) is 10.3. The highest BCUT2D eigenvalue weighted by molar-refractivity contribution is 5.64. The molecule has 2 aromatic rings. The molecule has 1 atom stereocenters. The second kappa shape index (κ2) is 3.02. The minimum atomic E-state index is 0.248. The van der Waals surface area contributed by atoms with E-state index in [9.17, 15) is 0 Å². The van der Waals surface area contributed by atoms with Crippen molar-refractivity contribution >= 4 is 5.82 Å². The molecule has 2 N–H and O–H groups in total. The summed E-state index contributed by atoms with van der Waals surface area (Å²) in [6, 6.07) is 12.2. The molecule has 0 bridgehead atoms. The summed E-state index contributed by atoms with van der Waals surface area (Å²) in [6.45, 7) is 2.05. The molecule has 3 rings (SSSR count). The van der Waals surface area contributed by atoms with Crippen LogP contribution in [0.25, 0.3) is 11.3 Å². The first-order valence-electron chi connectivity index (χ1n) is 5.01. The Kier molecular flexibility index (Phi) is 1.68. The lowest BCUT2D eigenvalue weighted by molar-refractivity contribution is 0.751. The first kappa shape index (κ1) is 8.35. The molecule has 0 saturated heterocycles. The van der Waals surface area contributed by atoms with Crippen LogP contribution in [0.4, 0.5) is 5.82 Å². The van der Waals surface area contributed by atoms with E-state index >= 15 is 0 Å². The van der Waals surface area contributed by atoms with Gasteiger partial charge in [0.25, 0.3) is 0 Å². The smallest absolute Gasteiger partial charge is 0.149 e. The van der Waals surface area contributed by atoms with E-state index in [0.29, 0.717) is 0 Å². The molecular weight excluding hydrogens is 188 g/mol. The lowest BCUT2D eigenvalue weighted by Gasteiger charge is -2.03. The van der Waals surface area contributed by atoms with Gasteiger partial charge in [-0.1, -0.05) is 30.3 Å². The van der Waals surface area contributed by atoms with Gasteiger partial charge in [0.1, 0.15) is 12.0 Å². The van der Waals surface area contributed by atoms with E-state index in [1.54, 1.807) is 4.79 Å². The van der Waals surface area contributed by atoms with Gasteiger partial charge in [0.2, 0.25) is 0 Å². The van der Waals surface area contributed by atoms with Crippen molar-refractivity contribution in [2.24, 2.45) is 0 Å². The zero-order valence-corrected chi connectivity index (χ0v) is 8.44. The summed E-state index contributed by atoms with van der Waals surface area (Å²) in [5.41, 5.74) is 5.30. The molecule has 4 nitrogen and oxygen atoms in total. The van der Waals surface area contributed by atoms with Crippen molar-refractivity contribution in [1.29, 1.82) is 0 Å². The average molecular weight is 200 g/mol. The topological polar surface area (TPSA) is 41.9 Å². The van der Waals surface area contributed by atoms with E-state index < -0.39 is 0 Å². The molecule has 15 heavy (non-hydrogen) atoms. The van der Waals surface area contributed by atoms with Crippen molar-refractivity contribution in [2.45, 2.75) is 13.1 Å². The summed E-state index contributed by atoms with van der Waals surface area (Å²) < 4.78 is 0. The van der Waals surface area contributed by atoms with Crippen LogP contribution in [-0.2, 0) is 0 Å². The summed E-state index contributed by atoms with van der Waals surface area (Å²) in [5.74, 6) is 1.02. The number of nitrogens with zero attached hydrogens (tertiary/aromatic N) is 2. The maximum absolute atomic E-state index is 4.45. The first-order valence-corrected chi connectivity index (χ1v) is 5.01. The molecule has 0 fully saturated rings. The van der Waals surface area contributed by atoms with Crippen LogP contribution >= 0.6 is 0 Å². The van der Waals surface area contributed by atoms with Crippen molar-refractivity contribution in [3.63, 3.8) is 0 Å². The lowest BCUT2D eigenvalue weighted by Crippen LogP contribution is -2.22. The third-order valence-electron chi connectivity index (χ3n) is 2.46. The van der Waals surface area contributed by atoms with Gasteiger partial charge in [0, 0.05) is 11.6 Å². The SMILES string of the molecule is C[C@H]1Nc2cc(-c3ccccc3)nn2N1. The van der Waals surface area contributed by atoms with Crippen molar-refractivity contribution < 1.29 is 0 Å². The maximum atomic E-state index is 4.45. The van der Waals surface area contributed by atoms with Crippen molar-refractivity contribution in [1.82, 2.24) is 9.89 Å². The fraction of sp³-hybridized carbons (Fsp3) is 0.182. The largest absolute Gasteiger partial charge is 0.348 e. The fourth-order valence-corrected chi connectivity index (χ4v) is 1.77. The maximum Gasteiger partial charge on any atom is 0.149 e. The van der Waals surface area contributed by atoms with Gasteiger partial charge in [0.05, 0.1) is 5.69 Å². The molecule has 4 heteroatoms. The van der Waals surface area contributed by atoms with Gasteiger partial charge < -0.3 is 5.32 Å². The Morgan fingerprint density at radius 2 is 2.07 bits per heavy atom. The summed E-state index contributed by atoms with van der Waals surface area (Å²) in [6.07, 6.45) is 0.248. The summed E-state index contributed by atoms with van der Waals surface area (Å²) in [5, 5.41) is 7.73. The number of hydrogen-bond donors (Lipinski definition) is 2. The number of nitrogens with one attached hydrogen (secondary N) is 2. The third-order valence-corrected chi connectivity index (χ3v) is 2.46. The monoisotopic (exact) mass is 200 g/mol. The number of benzene rings is 1. The molecule has 1 aliphatic heterocycles. The summed E-state index contributed by atoms with van der Waals surface area (Å²) >= 11 is 0. The molecular formula is C11H12N4. The molecule has 2 heterocycles. The quantitative estimate of drug-likeness (QED) is 0.738. The van der Waals surface area contributed by atoms with E-state index in [1.165, 1.54) is 0 Å². The second-order valence-electron chi connectivity index (χ2n) is 3.69. The van der Waals surface area contributed by atoms with Crippen LogP contribution in [0.15, 0.2) is 36.4 Å². The Bertz CT molecular complexity index is 451. The van der Waals surface area contributed by atoms with Gasteiger partial charge in [-0.2, -0.15) is 9.89 Å². The molecule has 0 aliphatic carbocycles. The molecule has 76 valence electrons. The Labute approximate surface area is 87.9 Å². The molecule has 1 aromatic heterocycles. The van der Waals surface area contributed by atoms with Crippen LogP contribution in [0, 0.1) is 0 Å². The molecule has 0 saturated carbocycles. The highest BCUT2D eigenvalue weighted by Gasteiger charge is 2.17. The van der Waals surface area contributed by atoms with E-state index in [-0.39, 0.29) is 6.17 Å². The first-order chi connectivity index (χ1) is 7.33. The third kappa shape index (κ3) is 1.34. The van der Waals surface area contributed by atoms with Crippen LogP contribution in [0.2, 0.25) is 0 Å². The van der Waals surface area contributed by atoms with Crippen LogP contribution in [0.5, 0.6) is 0 Å². The number of hydrogen-bond acceptors (Lipinski definition) is 3. The molecule has 0 unspecified atom stereocenters. The standard InChI is InChI=1S/C11H12N4/c1-8-12-11-7-10(14-15(11)13-8)9-5-3-2-4-6-9/h2-8,12-13H,1H3/t8-/m0/s1. The van der Waals surface area contributed by atoms with Gasteiger partial charge in [-0.05, 0) is 6.92 Å². The normalized spacial score (nSPS) is 18.1.